The monoisotopic (exact) mass is 194 g/mol. The Morgan fingerprint density at radius 1 is 1.43 bits per heavy atom. The summed E-state index contributed by atoms with van der Waals surface area (Å²) in [6.07, 6.45) is 1.72. The number of ketones is 1. The third-order valence-corrected chi connectivity index (χ3v) is 2.27. The van der Waals surface area contributed by atoms with Gasteiger partial charge in [-0.3, -0.25) is 9.59 Å². The van der Waals surface area contributed by atoms with E-state index in [0.29, 0.717) is 38.1 Å². The molecule has 0 aliphatic carbocycles. The lowest BCUT2D eigenvalue weighted by molar-refractivity contribution is -0.119. The van der Waals surface area contributed by atoms with E-state index >= 15 is 0 Å². The molecule has 1 aliphatic heterocycles. The summed E-state index contributed by atoms with van der Waals surface area (Å²) in [4.78, 5) is 23.2. The second-order valence-electron chi connectivity index (χ2n) is 3.23. The Bertz CT molecular complexity index is 349. The van der Waals surface area contributed by atoms with Crippen LogP contribution in [0.2, 0.25) is 0 Å². The number of rotatable bonds is 2. The van der Waals surface area contributed by atoms with Crippen molar-refractivity contribution in [3.63, 3.8) is 0 Å². The fourth-order valence-corrected chi connectivity index (χ4v) is 1.46. The van der Waals surface area contributed by atoms with E-state index in [1.54, 1.807) is 6.07 Å². The van der Waals surface area contributed by atoms with Gasteiger partial charge in [-0.15, -0.1) is 0 Å². The molecule has 1 aliphatic rings. The highest BCUT2D eigenvalue weighted by Crippen LogP contribution is 2.18. The molecule has 0 spiro atoms. The molecule has 5 nitrogen and oxygen atoms in total. The molecule has 0 amide bonds. The van der Waals surface area contributed by atoms with Crippen molar-refractivity contribution in [2.75, 3.05) is 18.0 Å². The summed E-state index contributed by atoms with van der Waals surface area (Å²) in [5, 5.41) is 3.56. The maximum atomic E-state index is 11.0. The summed E-state index contributed by atoms with van der Waals surface area (Å²) >= 11 is 0. The number of aldehydes is 1. The molecule has 1 saturated heterocycles. The molecular formula is C9H10N2O3. The smallest absolute Gasteiger partial charge is 0.227 e. The maximum absolute atomic E-state index is 11.0. The van der Waals surface area contributed by atoms with Gasteiger partial charge < -0.3 is 9.42 Å². The van der Waals surface area contributed by atoms with Gasteiger partial charge in [-0.1, -0.05) is 5.16 Å². The third-order valence-electron chi connectivity index (χ3n) is 2.27. The van der Waals surface area contributed by atoms with E-state index in [0.717, 1.165) is 0 Å². The lowest BCUT2D eigenvalue weighted by Crippen LogP contribution is -2.33. The molecule has 74 valence electrons. The van der Waals surface area contributed by atoms with Crippen LogP contribution in [0.3, 0.4) is 0 Å². The van der Waals surface area contributed by atoms with Gasteiger partial charge in [0.25, 0.3) is 0 Å². The molecule has 1 aromatic heterocycles. The molecule has 0 saturated carbocycles. The van der Waals surface area contributed by atoms with Gasteiger partial charge in [0.1, 0.15) is 11.5 Å². The van der Waals surface area contributed by atoms with Gasteiger partial charge in [-0.05, 0) is 0 Å². The van der Waals surface area contributed by atoms with Gasteiger partial charge in [0.2, 0.25) is 5.88 Å². The van der Waals surface area contributed by atoms with Crippen LogP contribution < -0.4 is 4.90 Å². The standard InChI is InChI=1S/C9H10N2O3/c12-6-7-5-9(14-10-7)11-3-1-8(13)2-4-11/h5-6H,1-4H2. The Hall–Kier alpha value is -1.65. The Balaban J connectivity index is 2.07. The van der Waals surface area contributed by atoms with Crippen molar-refractivity contribution in [2.45, 2.75) is 12.8 Å². The van der Waals surface area contributed by atoms with Gasteiger partial charge in [-0.2, -0.15) is 0 Å². The minimum atomic E-state index is 0.274. The van der Waals surface area contributed by atoms with Crippen LogP contribution in [0.15, 0.2) is 10.6 Å². The fraction of sp³-hybridized carbons (Fsp3) is 0.444. The number of anilines is 1. The van der Waals surface area contributed by atoms with Crippen LogP contribution in [0.4, 0.5) is 5.88 Å². The third kappa shape index (κ3) is 1.66. The van der Waals surface area contributed by atoms with E-state index in [-0.39, 0.29) is 11.5 Å². The highest BCUT2D eigenvalue weighted by Gasteiger charge is 2.19. The van der Waals surface area contributed by atoms with Crippen LogP contribution in [0.5, 0.6) is 0 Å². The topological polar surface area (TPSA) is 63.4 Å². The molecule has 14 heavy (non-hydrogen) atoms. The zero-order chi connectivity index (χ0) is 9.97. The van der Waals surface area contributed by atoms with Gasteiger partial charge in [0.15, 0.2) is 6.29 Å². The first kappa shape index (κ1) is 8.93. The first-order chi connectivity index (χ1) is 6.79. The van der Waals surface area contributed by atoms with Crippen LogP contribution in [-0.2, 0) is 4.79 Å². The number of nitrogens with zero attached hydrogens (tertiary/aromatic N) is 2. The lowest BCUT2D eigenvalue weighted by Gasteiger charge is -2.24. The lowest BCUT2D eigenvalue weighted by atomic mass is 10.1. The molecule has 2 rings (SSSR count). The molecule has 1 fully saturated rings. The predicted molar refractivity (Wildman–Crippen MR) is 48.3 cm³/mol. The first-order valence-corrected chi connectivity index (χ1v) is 4.48. The van der Waals surface area contributed by atoms with E-state index in [4.69, 9.17) is 4.52 Å². The zero-order valence-electron chi connectivity index (χ0n) is 7.60. The molecule has 0 atom stereocenters. The van der Waals surface area contributed by atoms with Gasteiger partial charge in [-0.25, -0.2) is 0 Å². The molecular weight excluding hydrogens is 184 g/mol. The SMILES string of the molecule is O=Cc1cc(N2CCC(=O)CC2)on1. The maximum Gasteiger partial charge on any atom is 0.227 e. The summed E-state index contributed by atoms with van der Waals surface area (Å²) in [5.41, 5.74) is 0.289. The van der Waals surface area contributed by atoms with E-state index in [9.17, 15) is 9.59 Å². The number of carbonyl (C=O) groups is 2. The number of hydrogen-bond acceptors (Lipinski definition) is 5. The zero-order valence-corrected chi connectivity index (χ0v) is 7.60. The predicted octanol–water partition coefficient (Wildman–Crippen LogP) is 0.656. The number of hydrogen-bond donors (Lipinski definition) is 0. The van der Waals surface area contributed by atoms with Gasteiger partial charge in [0, 0.05) is 32.0 Å². The normalized spacial score (nSPS) is 17.1. The van der Waals surface area contributed by atoms with E-state index in [2.05, 4.69) is 5.16 Å². The quantitative estimate of drug-likeness (QED) is 0.647. The highest BCUT2D eigenvalue weighted by atomic mass is 16.5. The second kappa shape index (κ2) is 3.61. The molecule has 0 radical (unpaired) electrons. The van der Waals surface area contributed by atoms with Crippen molar-refractivity contribution in [3.8, 4) is 0 Å². The van der Waals surface area contributed by atoms with Crippen molar-refractivity contribution in [1.82, 2.24) is 5.16 Å². The van der Waals surface area contributed by atoms with Crippen molar-refractivity contribution >= 4 is 18.0 Å². The van der Waals surface area contributed by atoms with Crippen LogP contribution in [0.1, 0.15) is 23.3 Å². The van der Waals surface area contributed by atoms with Gasteiger partial charge in [0.05, 0.1) is 0 Å². The molecule has 2 heterocycles. The molecule has 0 N–H and O–H groups in total. The van der Waals surface area contributed by atoms with E-state index < -0.39 is 0 Å². The first-order valence-electron chi connectivity index (χ1n) is 4.48. The summed E-state index contributed by atoms with van der Waals surface area (Å²) < 4.78 is 4.96. The molecule has 0 aromatic carbocycles. The number of aromatic nitrogens is 1. The summed E-state index contributed by atoms with van der Waals surface area (Å²) in [7, 11) is 0. The Morgan fingerprint density at radius 3 is 2.71 bits per heavy atom. The van der Waals surface area contributed by atoms with Crippen molar-refractivity contribution in [3.05, 3.63) is 11.8 Å². The van der Waals surface area contributed by atoms with Crippen LogP contribution >= 0.6 is 0 Å². The van der Waals surface area contributed by atoms with Crippen molar-refractivity contribution < 1.29 is 14.1 Å². The average Bonchev–Trinajstić information content (AvgIpc) is 2.67. The van der Waals surface area contributed by atoms with Crippen molar-refractivity contribution in [2.24, 2.45) is 0 Å². The van der Waals surface area contributed by atoms with E-state index in [1.165, 1.54) is 0 Å². The van der Waals surface area contributed by atoms with Crippen LogP contribution in [0.25, 0.3) is 0 Å². The molecule has 1 aromatic rings. The summed E-state index contributed by atoms with van der Waals surface area (Å²) in [6, 6.07) is 1.59. The molecule has 5 heteroatoms. The summed E-state index contributed by atoms with van der Waals surface area (Å²) in [6.45, 7) is 1.29. The average molecular weight is 194 g/mol. The fourth-order valence-electron chi connectivity index (χ4n) is 1.46. The number of piperidine rings is 1. The Labute approximate surface area is 80.7 Å². The number of carbonyl (C=O) groups excluding carboxylic acids is 2. The molecule has 0 unspecified atom stereocenters. The minimum absolute atomic E-state index is 0.274. The highest BCUT2D eigenvalue weighted by molar-refractivity contribution is 5.81. The van der Waals surface area contributed by atoms with Crippen molar-refractivity contribution in [1.29, 1.82) is 0 Å². The van der Waals surface area contributed by atoms with Crippen LogP contribution in [-0.4, -0.2) is 30.3 Å². The largest absolute Gasteiger partial charge is 0.340 e. The van der Waals surface area contributed by atoms with Gasteiger partial charge >= 0.3 is 0 Å². The second-order valence-corrected chi connectivity index (χ2v) is 3.23. The minimum Gasteiger partial charge on any atom is -0.340 e. The van der Waals surface area contributed by atoms with E-state index in [1.807, 2.05) is 4.90 Å². The van der Waals surface area contributed by atoms with Crippen LogP contribution in [0, 0.1) is 0 Å². The number of Topliss-reactive ketones (excluding diaryl/α,β-unsaturated/α-hetero) is 1. The Kier molecular flexibility index (Phi) is 2.30. The Morgan fingerprint density at radius 2 is 2.14 bits per heavy atom. The summed E-state index contributed by atoms with van der Waals surface area (Å²) in [5.74, 6) is 0.843. The molecule has 0 bridgehead atoms.